The van der Waals surface area contributed by atoms with Crippen LogP contribution in [-0.4, -0.2) is 66.9 Å². The van der Waals surface area contributed by atoms with Gasteiger partial charge >= 0.3 is 5.69 Å². The van der Waals surface area contributed by atoms with Gasteiger partial charge in [-0.3, -0.25) is 4.90 Å². The number of fused-ring (bicyclic) bond motifs is 1. The fourth-order valence-electron chi connectivity index (χ4n) is 5.86. The second-order valence-electron chi connectivity index (χ2n) is 10.4. The smallest absolute Gasteiger partial charge is 0.353 e. The molecule has 3 aliphatic rings. The zero-order chi connectivity index (χ0) is 25.7. The van der Waals surface area contributed by atoms with Gasteiger partial charge in [0.2, 0.25) is 5.95 Å². The first kappa shape index (κ1) is 24.0. The van der Waals surface area contributed by atoms with Crippen LogP contribution in [-0.2, 0) is 7.05 Å². The topological polar surface area (TPSA) is 97.0 Å². The third-order valence-corrected chi connectivity index (χ3v) is 7.94. The Morgan fingerprint density at radius 2 is 1.84 bits per heavy atom. The number of likely N-dealkylation sites (N-methyl/N-ethyl adjacent to an activating group) is 1. The zero-order valence-electron chi connectivity index (χ0n) is 21.1. The van der Waals surface area contributed by atoms with Crippen molar-refractivity contribution >= 4 is 17.5 Å². The van der Waals surface area contributed by atoms with Crippen LogP contribution in [0.5, 0.6) is 0 Å². The molecule has 0 radical (unpaired) electrons. The largest absolute Gasteiger partial charge is 0.368 e. The van der Waals surface area contributed by atoms with Gasteiger partial charge in [0, 0.05) is 26.2 Å². The molecule has 0 spiro atoms. The van der Waals surface area contributed by atoms with Gasteiger partial charge in [0.05, 0.1) is 17.6 Å². The van der Waals surface area contributed by atoms with Crippen LogP contribution in [0.4, 0.5) is 26.2 Å². The van der Waals surface area contributed by atoms with Gasteiger partial charge in [-0.05, 0) is 85.7 Å². The number of benzene rings is 1. The van der Waals surface area contributed by atoms with Crippen molar-refractivity contribution in [3.05, 3.63) is 46.0 Å². The second-order valence-corrected chi connectivity index (χ2v) is 10.4. The first-order chi connectivity index (χ1) is 17.9. The maximum Gasteiger partial charge on any atom is 0.368 e. The van der Waals surface area contributed by atoms with Crippen molar-refractivity contribution in [2.24, 2.45) is 7.05 Å². The Labute approximate surface area is 213 Å². The summed E-state index contributed by atoms with van der Waals surface area (Å²) in [6.45, 7) is 2.17. The highest BCUT2D eigenvalue weighted by molar-refractivity contribution is 5.62. The first-order valence-corrected chi connectivity index (χ1v) is 13.0. The van der Waals surface area contributed by atoms with E-state index in [-0.39, 0.29) is 29.4 Å². The average Bonchev–Trinajstić information content (AvgIpc) is 3.70. The zero-order valence-corrected chi connectivity index (χ0v) is 21.1. The molecule has 37 heavy (non-hydrogen) atoms. The number of tetrazole rings is 1. The van der Waals surface area contributed by atoms with Crippen LogP contribution in [0.25, 0.3) is 5.69 Å². The predicted octanol–water partition coefficient (Wildman–Crippen LogP) is 3.11. The van der Waals surface area contributed by atoms with Gasteiger partial charge in [-0.25, -0.2) is 18.6 Å². The van der Waals surface area contributed by atoms with Gasteiger partial charge in [0.25, 0.3) is 0 Å². The molecule has 12 heteroatoms. The van der Waals surface area contributed by atoms with Crippen LogP contribution >= 0.6 is 0 Å². The lowest BCUT2D eigenvalue weighted by molar-refractivity contribution is 0.0891. The van der Waals surface area contributed by atoms with Crippen LogP contribution in [0.15, 0.2) is 23.1 Å². The maximum absolute atomic E-state index is 15.2. The molecule has 1 saturated carbocycles. The lowest BCUT2D eigenvalue weighted by Crippen LogP contribution is -2.56. The predicted molar refractivity (Wildman–Crippen MR) is 134 cm³/mol. The fourth-order valence-corrected chi connectivity index (χ4v) is 5.86. The third-order valence-electron chi connectivity index (χ3n) is 7.94. The molecular formula is C25H31F2N9O. The molecule has 0 bridgehead atoms. The molecule has 1 aliphatic carbocycles. The van der Waals surface area contributed by atoms with E-state index in [1.807, 2.05) is 11.9 Å². The van der Waals surface area contributed by atoms with Gasteiger partial charge in [-0.1, -0.05) is 6.42 Å². The molecule has 4 heterocycles. The molecule has 2 atom stereocenters. The summed E-state index contributed by atoms with van der Waals surface area (Å²) in [5.74, 6) is -0.581. The SMILES string of the molecule is CN(c1nc(Nc2cc(-n3nnn(C)c3=O)c(C3CC3)cc2F)ncc1F)[C@H]1CCCN2CCCC[C@H]12. The van der Waals surface area contributed by atoms with Gasteiger partial charge in [-0.15, -0.1) is 0 Å². The number of hydrogen-bond acceptors (Lipinski definition) is 8. The summed E-state index contributed by atoms with van der Waals surface area (Å²) in [7, 11) is 3.39. The summed E-state index contributed by atoms with van der Waals surface area (Å²) in [5, 5.41) is 10.6. The van der Waals surface area contributed by atoms with Crippen molar-refractivity contribution in [3.63, 3.8) is 0 Å². The van der Waals surface area contributed by atoms with Crippen LogP contribution in [0, 0.1) is 11.6 Å². The van der Waals surface area contributed by atoms with Crippen LogP contribution in [0.2, 0.25) is 0 Å². The van der Waals surface area contributed by atoms with E-state index in [0.717, 1.165) is 56.1 Å². The van der Waals surface area contributed by atoms with E-state index in [0.29, 0.717) is 17.3 Å². The molecule has 0 amide bonds. The van der Waals surface area contributed by atoms with E-state index < -0.39 is 17.3 Å². The lowest BCUT2D eigenvalue weighted by Gasteiger charge is -2.47. The number of rotatable bonds is 6. The summed E-state index contributed by atoms with van der Waals surface area (Å²) in [5.41, 5.74) is 0.822. The summed E-state index contributed by atoms with van der Waals surface area (Å²) in [6.07, 6.45) is 8.47. The van der Waals surface area contributed by atoms with Crippen molar-refractivity contribution in [2.45, 2.75) is 62.9 Å². The molecule has 2 saturated heterocycles. The molecule has 0 unspecified atom stereocenters. The standard InChI is InChI=1S/C25H31F2N9O/c1-33(20-7-5-11-35-10-4-3-6-21(20)35)23-18(27)14-28-24(30-23)29-19-13-22(36-25(37)34(2)31-32-36)16(12-17(19)26)15-8-9-15/h12-15,20-21H,3-11H2,1-2H3,(H,28,29,30)/t20-,21+/m0/s1. The van der Waals surface area contributed by atoms with Gasteiger partial charge < -0.3 is 10.2 Å². The minimum absolute atomic E-state index is 0.0771. The van der Waals surface area contributed by atoms with Crippen LogP contribution in [0.3, 0.4) is 0 Å². The summed E-state index contributed by atoms with van der Waals surface area (Å²) in [6, 6.07) is 3.47. The minimum atomic E-state index is -0.516. The van der Waals surface area contributed by atoms with E-state index in [1.165, 1.54) is 36.7 Å². The number of piperidine rings is 2. The fraction of sp³-hybridized carbons (Fsp3) is 0.560. The second kappa shape index (κ2) is 9.47. The van der Waals surface area contributed by atoms with Crippen LogP contribution < -0.4 is 15.9 Å². The Morgan fingerprint density at radius 3 is 2.59 bits per heavy atom. The number of halogens is 2. The highest BCUT2D eigenvalue weighted by atomic mass is 19.1. The molecule has 3 aromatic rings. The molecule has 10 nitrogen and oxygen atoms in total. The average molecular weight is 512 g/mol. The number of anilines is 3. The molecule has 6 rings (SSSR count). The normalized spacial score (nSPS) is 22.1. The van der Waals surface area contributed by atoms with E-state index in [4.69, 9.17) is 0 Å². The first-order valence-electron chi connectivity index (χ1n) is 13.0. The van der Waals surface area contributed by atoms with Gasteiger partial charge in [-0.2, -0.15) is 14.3 Å². The Balaban J connectivity index is 1.31. The molecule has 1 N–H and O–H groups in total. The number of hydrogen-bond donors (Lipinski definition) is 1. The monoisotopic (exact) mass is 511 g/mol. The maximum atomic E-state index is 15.2. The van der Waals surface area contributed by atoms with Crippen molar-refractivity contribution in [1.82, 2.24) is 34.7 Å². The minimum Gasteiger partial charge on any atom is -0.353 e. The number of aryl methyl sites for hydroxylation is 1. The Hall–Kier alpha value is -3.41. The Kier molecular flexibility index (Phi) is 6.13. The molecule has 196 valence electrons. The number of aromatic nitrogens is 6. The summed E-state index contributed by atoms with van der Waals surface area (Å²) < 4.78 is 32.5. The van der Waals surface area contributed by atoms with Crippen molar-refractivity contribution < 1.29 is 8.78 Å². The Bertz CT molecular complexity index is 1370. The highest BCUT2D eigenvalue weighted by Gasteiger charge is 2.36. The van der Waals surface area contributed by atoms with E-state index in [1.54, 1.807) is 0 Å². The van der Waals surface area contributed by atoms with Crippen LogP contribution in [0.1, 0.15) is 56.4 Å². The molecular weight excluding hydrogens is 480 g/mol. The van der Waals surface area contributed by atoms with E-state index >= 15 is 4.39 Å². The summed E-state index contributed by atoms with van der Waals surface area (Å²) in [4.78, 5) is 25.5. The van der Waals surface area contributed by atoms with Gasteiger partial charge in [0.1, 0.15) is 5.82 Å². The molecule has 3 fully saturated rings. The molecule has 2 aromatic heterocycles. The van der Waals surface area contributed by atoms with Crippen molar-refractivity contribution in [3.8, 4) is 5.69 Å². The molecule has 2 aliphatic heterocycles. The Morgan fingerprint density at radius 1 is 1.03 bits per heavy atom. The number of nitrogens with one attached hydrogen (secondary N) is 1. The third kappa shape index (κ3) is 4.47. The summed E-state index contributed by atoms with van der Waals surface area (Å²) >= 11 is 0. The quantitative estimate of drug-likeness (QED) is 0.539. The van der Waals surface area contributed by atoms with Crippen molar-refractivity contribution in [1.29, 1.82) is 0 Å². The highest BCUT2D eigenvalue weighted by Crippen LogP contribution is 2.44. The number of nitrogens with zero attached hydrogens (tertiary/aromatic N) is 8. The van der Waals surface area contributed by atoms with E-state index in [2.05, 4.69) is 30.6 Å². The lowest BCUT2D eigenvalue weighted by atomic mass is 9.88. The van der Waals surface area contributed by atoms with Crippen molar-refractivity contribution in [2.75, 3.05) is 30.4 Å². The molecule has 1 aromatic carbocycles. The van der Waals surface area contributed by atoms with E-state index in [9.17, 15) is 9.18 Å². The van der Waals surface area contributed by atoms with Gasteiger partial charge in [0.15, 0.2) is 11.6 Å².